The normalized spacial score (nSPS) is 19.3. The van der Waals surface area contributed by atoms with Crippen molar-refractivity contribution in [3.05, 3.63) is 23.5 Å². The molecule has 0 amide bonds. The molecule has 0 N–H and O–H groups in total. The van der Waals surface area contributed by atoms with Crippen molar-refractivity contribution in [2.45, 2.75) is 45.5 Å². The van der Waals surface area contributed by atoms with Crippen LogP contribution in [0.1, 0.15) is 33.3 Å². The molecule has 4 nitrogen and oxygen atoms in total. The van der Waals surface area contributed by atoms with E-state index in [1.54, 1.807) is 0 Å². The SMILES string of the molecule is CC1(C)OB(c2cc(F)c(C#N)c(OC(F)F)c2)OC1(C)C. The first kappa shape index (κ1) is 16.7. The number of ether oxygens (including phenoxy) is 1. The molecule has 1 saturated heterocycles. The summed E-state index contributed by atoms with van der Waals surface area (Å²) in [5, 5.41) is 8.86. The number of rotatable bonds is 3. The van der Waals surface area contributed by atoms with Gasteiger partial charge in [-0.25, -0.2) is 4.39 Å². The molecule has 0 saturated carbocycles. The van der Waals surface area contributed by atoms with E-state index < -0.39 is 42.1 Å². The molecule has 0 aliphatic carbocycles. The Balaban J connectivity index is 2.42. The van der Waals surface area contributed by atoms with Crippen LogP contribution in [0.5, 0.6) is 5.75 Å². The lowest BCUT2D eigenvalue weighted by Crippen LogP contribution is -2.41. The van der Waals surface area contributed by atoms with Crippen molar-refractivity contribution < 1.29 is 27.2 Å². The maximum atomic E-state index is 13.9. The van der Waals surface area contributed by atoms with E-state index in [1.165, 1.54) is 6.07 Å². The van der Waals surface area contributed by atoms with Crippen molar-refractivity contribution in [1.82, 2.24) is 0 Å². The van der Waals surface area contributed by atoms with Gasteiger partial charge in [-0.1, -0.05) is 0 Å². The van der Waals surface area contributed by atoms with Crippen LogP contribution in [0.4, 0.5) is 13.2 Å². The summed E-state index contributed by atoms with van der Waals surface area (Å²) in [6.45, 7) is 4.07. The number of halogens is 3. The van der Waals surface area contributed by atoms with E-state index in [9.17, 15) is 13.2 Å². The predicted octanol–water partition coefficient (Wildman–Crippen LogP) is 2.60. The van der Waals surface area contributed by atoms with E-state index in [2.05, 4.69) is 4.74 Å². The quantitative estimate of drug-likeness (QED) is 0.805. The van der Waals surface area contributed by atoms with Gasteiger partial charge in [0.25, 0.3) is 0 Å². The minimum absolute atomic E-state index is 0.172. The number of benzene rings is 1. The van der Waals surface area contributed by atoms with Gasteiger partial charge in [0.2, 0.25) is 0 Å². The Morgan fingerprint density at radius 3 is 2.18 bits per heavy atom. The molecule has 0 unspecified atom stereocenters. The Hall–Kier alpha value is -1.72. The highest BCUT2D eigenvalue weighted by Gasteiger charge is 2.52. The summed E-state index contributed by atoms with van der Waals surface area (Å²) >= 11 is 0. The van der Waals surface area contributed by atoms with Crippen LogP contribution in [0.2, 0.25) is 0 Å². The lowest BCUT2D eigenvalue weighted by Gasteiger charge is -2.32. The van der Waals surface area contributed by atoms with Crippen molar-refractivity contribution >= 4 is 12.6 Å². The van der Waals surface area contributed by atoms with Gasteiger partial charge in [0.1, 0.15) is 23.2 Å². The van der Waals surface area contributed by atoms with Gasteiger partial charge in [-0.15, -0.1) is 0 Å². The third kappa shape index (κ3) is 2.92. The van der Waals surface area contributed by atoms with Crippen LogP contribution in [-0.4, -0.2) is 24.9 Å². The average molecular weight is 313 g/mol. The predicted molar refractivity (Wildman–Crippen MR) is 73.5 cm³/mol. The molecule has 0 aromatic heterocycles. The zero-order valence-electron chi connectivity index (χ0n) is 12.6. The second kappa shape index (κ2) is 5.49. The van der Waals surface area contributed by atoms with Gasteiger partial charge in [0, 0.05) is 0 Å². The Bertz CT molecular complexity index is 612. The van der Waals surface area contributed by atoms with Crippen molar-refractivity contribution in [1.29, 1.82) is 5.26 Å². The van der Waals surface area contributed by atoms with Crippen LogP contribution in [0.25, 0.3) is 0 Å². The first-order valence-electron chi connectivity index (χ1n) is 6.61. The Morgan fingerprint density at radius 2 is 1.73 bits per heavy atom. The second-order valence-corrected chi connectivity index (χ2v) is 5.95. The smallest absolute Gasteiger partial charge is 0.433 e. The lowest BCUT2D eigenvalue weighted by molar-refractivity contribution is -0.0501. The highest BCUT2D eigenvalue weighted by atomic mass is 19.3. The van der Waals surface area contributed by atoms with Crippen molar-refractivity contribution in [3.63, 3.8) is 0 Å². The summed E-state index contributed by atoms with van der Waals surface area (Å²) in [6, 6.07) is 3.67. The Morgan fingerprint density at radius 1 is 1.18 bits per heavy atom. The minimum atomic E-state index is -3.17. The van der Waals surface area contributed by atoms with Gasteiger partial charge >= 0.3 is 13.7 Å². The fraction of sp³-hybridized carbons (Fsp3) is 0.500. The number of hydrogen-bond acceptors (Lipinski definition) is 4. The van der Waals surface area contributed by atoms with Crippen LogP contribution in [-0.2, 0) is 9.31 Å². The second-order valence-electron chi connectivity index (χ2n) is 5.95. The van der Waals surface area contributed by atoms with Crippen LogP contribution in [0.15, 0.2) is 12.1 Å². The molecular weight excluding hydrogens is 298 g/mol. The third-order valence-corrected chi connectivity index (χ3v) is 3.93. The van der Waals surface area contributed by atoms with Gasteiger partial charge in [-0.05, 0) is 45.3 Å². The molecule has 22 heavy (non-hydrogen) atoms. The fourth-order valence-corrected chi connectivity index (χ4v) is 2.01. The molecule has 0 radical (unpaired) electrons. The van der Waals surface area contributed by atoms with Crippen LogP contribution in [0, 0.1) is 17.1 Å². The van der Waals surface area contributed by atoms with Gasteiger partial charge in [-0.2, -0.15) is 14.0 Å². The number of hydrogen-bond donors (Lipinski definition) is 0. The van der Waals surface area contributed by atoms with Gasteiger partial charge in [0.15, 0.2) is 0 Å². The summed E-state index contributed by atoms with van der Waals surface area (Å²) in [5.74, 6) is -1.51. The van der Waals surface area contributed by atoms with E-state index in [0.717, 1.165) is 12.1 Å². The first-order chi connectivity index (χ1) is 10.1. The van der Waals surface area contributed by atoms with Crippen molar-refractivity contribution in [2.24, 2.45) is 0 Å². The third-order valence-electron chi connectivity index (χ3n) is 3.93. The molecule has 8 heteroatoms. The Kier molecular flexibility index (Phi) is 4.15. The zero-order chi connectivity index (χ0) is 16.7. The van der Waals surface area contributed by atoms with Crippen LogP contribution >= 0.6 is 0 Å². The Labute approximate surface area is 126 Å². The summed E-state index contributed by atoms with van der Waals surface area (Å²) in [4.78, 5) is 0. The number of alkyl halides is 2. The summed E-state index contributed by atoms with van der Waals surface area (Å²) in [7, 11) is -0.938. The fourth-order valence-electron chi connectivity index (χ4n) is 2.01. The maximum Gasteiger partial charge on any atom is 0.495 e. The molecule has 1 aromatic rings. The first-order valence-corrected chi connectivity index (χ1v) is 6.61. The molecule has 2 rings (SSSR count). The van der Waals surface area contributed by atoms with E-state index in [-0.39, 0.29) is 5.46 Å². The number of nitrogens with zero attached hydrogens (tertiary/aromatic N) is 1. The zero-order valence-corrected chi connectivity index (χ0v) is 12.6. The van der Waals surface area contributed by atoms with Crippen molar-refractivity contribution in [2.75, 3.05) is 0 Å². The van der Waals surface area contributed by atoms with E-state index in [4.69, 9.17) is 14.6 Å². The molecule has 1 fully saturated rings. The standard InChI is InChI=1S/C14H15BF3NO3/c1-13(2)14(3,4)22-15(21-13)8-5-10(16)9(7-19)11(6-8)20-12(17)18/h5-6,12H,1-4H3. The maximum absolute atomic E-state index is 13.9. The molecule has 1 heterocycles. The lowest BCUT2D eigenvalue weighted by atomic mass is 9.78. The summed E-state index contributed by atoms with van der Waals surface area (Å²) < 4.78 is 54.4. The highest BCUT2D eigenvalue weighted by molar-refractivity contribution is 6.62. The van der Waals surface area contributed by atoms with Crippen molar-refractivity contribution in [3.8, 4) is 11.8 Å². The van der Waals surface area contributed by atoms with Gasteiger partial charge in [-0.3, -0.25) is 0 Å². The topological polar surface area (TPSA) is 51.5 Å². The van der Waals surface area contributed by atoms with E-state index >= 15 is 0 Å². The molecule has 1 aromatic carbocycles. The number of nitriles is 1. The summed E-state index contributed by atoms with van der Waals surface area (Å²) in [5.41, 5.74) is -1.73. The average Bonchev–Trinajstić information content (AvgIpc) is 2.57. The summed E-state index contributed by atoms with van der Waals surface area (Å²) in [6.07, 6.45) is 0. The molecule has 0 bridgehead atoms. The molecular formula is C14H15BF3NO3. The van der Waals surface area contributed by atoms with Crippen LogP contribution in [0.3, 0.4) is 0 Å². The van der Waals surface area contributed by atoms with E-state index in [1.807, 2.05) is 27.7 Å². The van der Waals surface area contributed by atoms with Gasteiger partial charge < -0.3 is 14.0 Å². The largest absolute Gasteiger partial charge is 0.495 e. The highest BCUT2D eigenvalue weighted by Crippen LogP contribution is 2.37. The minimum Gasteiger partial charge on any atom is -0.433 e. The van der Waals surface area contributed by atoms with Gasteiger partial charge in [0.05, 0.1) is 11.2 Å². The monoisotopic (exact) mass is 313 g/mol. The molecule has 1 aliphatic rings. The molecule has 1 aliphatic heterocycles. The molecule has 0 spiro atoms. The molecule has 0 atom stereocenters. The van der Waals surface area contributed by atoms with Crippen LogP contribution < -0.4 is 10.2 Å². The van der Waals surface area contributed by atoms with E-state index in [0.29, 0.717) is 0 Å². The molecule has 118 valence electrons.